The molecule has 1 unspecified atom stereocenters. The number of aromatic amines is 1. The van der Waals surface area contributed by atoms with Crippen LogP contribution >= 0.6 is 0 Å². The fraction of sp³-hybridized carbons (Fsp3) is 0.438. The number of hydrogen-bond acceptors (Lipinski definition) is 3. The monoisotopic (exact) mass is 356 g/mol. The molecule has 0 saturated carbocycles. The summed E-state index contributed by atoms with van der Waals surface area (Å²) in [6.45, 7) is 5.09. The zero-order valence-electron chi connectivity index (χ0n) is 13.8. The van der Waals surface area contributed by atoms with Crippen molar-refractivity contribution in [2.45, 2.75) is 38.1 Å². The molecule has 2 aromatic rings. The number of carboxylic acids is 1. The van der Waals surface area contributed by atoms with E-state index in [1.54, 1.807) is 26.8 Å². The average molecular weight is 356 g/mol. The van der Waals surface area contributed by atoms with Crippen molar-refractivity contribution >= 4 is 26.9 Å². The lowest BCUT2D eigenvalue weighted by atomic mass is 10.0. The van der Waals surface area contributed by atoms with Crippen molar-refractivity contribution in [1.29, 1.82) is 0 Å². The highest BCUT2D eigenvalue weighted by Crippen LogP contribution is 2.30. The van der Waals surface area contributed by atoms with Crippen molar-refractivity contribution in [3.05, 3.63) is 30.2 Å². The molecule has 0 aliphatic carbocycles. The Hall–Kier alpha value is -1.93. The van der Waals surface area contributed by atoms with Crippen LogP contribution in [-0.4, -0.2) is 41.4 Å². The van der Waals surface area contributed by atoms with Crippen LogP contribution < -0.4 is 0 Å². The van der Waals surface area contributed by atoms with Gasteiger partial charge in [-0.25, -0.2) is 12.8 Å². The highest BCUT2D eigenvalue weighted by molar-refractivity contribution is 7.89. The van der Waals surface area contributed by atoms with Crippen molar-refractivity contribution in [3.63, 3.8) is 0 Å². The first-order chi connectivity index (χ1) is 11.2. The van der Waals surface area contributed by atoms with Gasteiger partial charge in [-0.05, 0) is 24.5 Å². The number of rotatable bonds is 7. The minimum Gasteiger partial charge on any atom is -0.480 e. The fourth-order valence-corrected chi connectivity index (χ4v) is 4.79. The van der Waals surface area contributed by atoms with E-state index < -0.39 is 33.8 Å². The van der Waals surface area contributed by atoms with Crippen molar-refractivity contribution in [2.24, 2.45) is 5.92 Å². The first-order valence-corrected chi connectivity index (χ1v) is 9.16. The first kappa shape index (κ1) is 18.4. The van der Waals surface area contributed by atoms with Gasteiger partial charge in [0.15, 0.2) is 0 Å². The Balaban J connectivity index is 2.65. The molecule has 2 rings (SSSR count). The third-order valence-electron chi connectivity index (χ3n) is 3.84. The number of fused-ring (bicyclic) bond motifs is 1. The van der Waals surface area contributed by atoms with Gasteiger partial charge in [0.25, 0.3) is 0 Å². The molecule has 2 N–H and O–H groups in total. The topological polar surface area (TPSA) is 90.5 Å². The number of sulfonamides is 1. The van der Waals surface area contributed by atoms with Crippen LogP contribution in [0, 0.1) is 11.7 Å². The number of halogens is 1. The molecule has 24 heavy (non-hydrogen) atoms. The summed E-state index contributed by atoms with van der Waals surface area (Å²) >= 11 is 0. The molecule has 6 nitrogen and oxygen atoms in total. The number of aliphatic carboxylic acids is 1. The molecule has 0 aliphatic heterocycles. The summed E-state index contributed by atoms with van der Waals surface area (Å²) in [5.41, 5.74) is 0.349. The predicted octanol–water partition coefficient (Wildman–Crippen LogP) is 2.82. The molecule has 0 aliphatic rings. The molecule has 0 saturated heterocycles. The Bertz CT molecular complexity index is 845. The van der Waals surface area contributed by atoms with Gasteiger partial charge in [0, 0.05) is 18.3 Å². The van der Waals surface area contributed by atoms with E-state index in [9.17, 15) is 22.7 Å². The average Bonchev–Trinajstić information content (AvgIpc) is 2.92. The molecule has 0 fully saturated rings. The van der Waals surface area contributed by atoms with Gasteiger partial charge in [-0.3, -0.25) is 4.79 Å². The summed E-state index contributed by atoms with van der Waals surface area (Å²) in [4.78, 5) is 14.1. The van der Waals surface area contributed by atoms with Gasteiger partial charge in [0.1, 0.15) is 16.8 Å². The van der Waals surface area contributed by atoms with Gasteiger partial charge in [-0.2, -0.15) is 4.31 Å². The quantitative estimate of drug-likeness (QED) is 0.798. The minimum atomic E-state index is -4.18. The molecular weight excluding hydrogens is 335 g/mol. The van der Waals surface area contributed by atoms with Gasteiger partial charge in [-0.15, -0.1) is 0 Å². The van der Waals surface area contributed by atoms with Crippen LogP contribution in [0.1, 0.15) is 27.2 Å². The number of nitrogens with zero attached hydrogens (tertiary/aromatic N) is 1. The molecular formula is C16H21FN2O4S. The lowest BCUT2D eigenvalue weighted by molar-refractivity contribution is -0.143. The summed E-state index contributed by atoms with van der Waals surface area (Å²) in [6, 6.07) is 3.00. The molecule has 0 amide bonds. The third kappa shape index (κ3) is 3.16. The minimum absolute atomic E-state index is 0.0403. The van der Waals surface area contributed by atoms with Crippen LogP contribution in [0.5, 0.6) is 0 Å². The van der Waals surface area contributed by atoms with Crippen LogP contribution in [0.4, 0.5) is 4.39 Å². The first-order valence-electron chi connectivity index (χ1n) is 7.72. The lowest BCUT2D eigenvalue weighted by Gasteiger charge is -2.30. The van der Waals surface area contributed by atoms with Crippen molar-refractivity contribution in [2.75, 3.05) is 6.54 Å². The van der Waals surface area contributed by atoms with Crippen LogP contribution in [0.15, 0.2) is 29.3 Å². The van der Waals surface area contributed by atoms with E-state index in [-0.39, 0.29) is 16.8 Å². The largest absolute Gasteiger partial charge is 0.480 e. The maximum absolute atomic E-state index is 14.2. The molecule has 0 bridgehead atoms. The SMILES string of the molecule is CCCN(C(C(=O)O)C(C)C)S(=O)(=O)c1c[nH]c2cccc(F)c12. The highest BCUT2D eigenvalue weighted by atomic mass is 32.2. The molecule has 0 radical (unpaired) electrons. The van der Waals surface area contributed by atoms with Gasteiger partial charge >= 0.3 is 5.97 Å². The standard InChI is InChI=1S/C16H21FN2O4S/c1-4-8-19(15(10(2)3)16(20)21)24(22,23)13-9-18-12-7-5-6-11(17)14(12)13/h5-7,9-10,15,18H,4,8H2,1-3H3,(H,20,21). The second-order valence-corrected chi connectivity index (χ2v) is 7.82. The summed E-state index contributed by atoms with van der Waals surface area (Å²) < 4.78 is 41.3. The van der Waals surface area contributed by atoms with E-state index in [4.69, 9.17) is 0 Å². The van der Waals surface area contributed by atoms with Crippen LogP contribution in [0.3, 0.4) is 0 Å². The Morgan fingerprint density at radius 2 is 2.04 bits per heavy atom. The van der Waals surface area contributed by atoms with Crippen molar-refractivity contribution in [1.82, 2.24) is 9.29 Å². The van der Waals surface area contributed by atoms with Crippen molar-refractivity contribution < 1.29 is 22.7 Å². The Labute approximate surface area is 140 Å². The van der Waals surface area contributed by atoms with Gasteiger partial charge in [0.2, 0.25) is 10.0 Å². The smallest absolute Gasteiger partial charge is 0.322 e. The van der Waals surface area contributed by atoms with E-state index >= 15 is 0 Å². The summed E-state index contributed by atoms with van der Waals surface area (Å²) in [5.74, 6) is -2.32. The number of aromatic nitrogens is 1. The summed E-state index contributed by atoms with van der Waals surface area (Å²) in [5, 5.41) is 9.43. The van der Waals surface area contributed by atoms with E-state index in [1.165, 1.54) is 18.3 Å². The molecule has 1 aromatic carbocycles. The number of carboxylic acid groups (broad SMARTS) is 1. The van der Waals surface area contributed by atoms with Gasteiger partial charge < -0.3 is 10.1 Å². The number of benzene rings is 1. The molecule has 0 spiro atoms. The zero-order chi connectivity index (χ0) is 18.1. The number of nitrogens with one attached hydrogen (secondary N) is 1. The van der Waals surface area contributed by atoms with Crippen molar-refractivity contribution in [3.8, 4) is 0 Å². The number of carbonyl (C=O) groups is 1. The van der Waals surface area contributed by atoms with E-state index in [1.807, 2.05) is 0 Å². The maximum atomic E-state index is 14.2. The molecule has 1 aromatic heterocycles. The van der Waals surface area contributed by atoms with Gasteiger partial charge in [-0.1, -0.05) is 26.8 Å². The molecule has 132 valence electrons. The van der Waals surface area contributed by atoms with Crippen LogP contribution in [0.25, 0.3) is 10.9 Å². The van der Waals surface area contributed by atoms with E-state index in [0.29, 0.717) is 11.9 Å². The van der Waals surface area contributed by atoms with Crippen LogP contribution in [0.2, 0.25) is 0 Å². The lowest BCUT2D eigenvalue weighted by Crippen LogP contribution is -2.48. The van der Waals surface area contributed by atoms with Crippen LogP contribution in [-0.2, 0) is 14.8 Å². The maximum Gasteiger partial charge on any atom is 0.322 e. The second-order valence-electron chi connectivity index (χ2n) is 5.96. The number of H-pyrrole nitrogens is 1. The zero-order valence-corrected chi connectivity index (χ0v) is 14.6. The molecule has 8 heteroatoms. The Morgan fingerprint density at radius 1 is 1.38 bits per heavy atom. The molecule has 1 heterocycles. The van der Waals surface area contributed by atoms with E-state index in [0.717, 1.165) is 4.31 Å². The summed E-state index contributed by atoms with van der Waals surface area (Å²) in [6.07, 6.45) is 1.66. The van der Waals surface area contributed by atoms with E-state index in [2.05, 4.69) is 4.98 Å². The summed E-state index contributed by atoms with van der Waals surface area (Å²) in [7, 11) is -4.18. The fourth-order valence-electron chi connectivity index (χ4n) is 2.81. The third-order valence-corrected chi connectivity index (χ3v) is 5.75. The Kier molecular flexibility index (Phi) is 5.29. The predicted molar refractivity (Wildman–Crippen MR) is 88.7 cm³/mol. The van der Waals surface area contributed by atoms with Gasteiger partial charge in [0.05, 0.1) is 5.39 Å². The normalized spacial score (nSPS) is 13.8. The Morgan fingerprint density at radius 3 is 2.58 bits per heavy atom. The second kappa shape index (κ2) is 6.90. The molecule has 1 atom stereocenters. The number of hydrogen-bond donors (Lipinski definition) is 2. The highest BCUT2D eigenvalue weighted by Gasteiger charge is 2.38.